The second kappa shape index (κ2) is 5.82. The first-order chi connectivity index (χ1) is 10.1. The number of nitrogens with one attached hydrogen (secondary N) is 1. The van der Waals surface area contributed by atoms with Crippen LogP contribution in [0.15, 0.2) is 12.2 Å². The highest BCUT2D eigenvalue weighted by Crippen LogP contribution is 2.49. The molecule has 0 radical (unpaired) electrons. The Labute approximate surface area is 126 Å². The average molecular weight is 291 g/mol. The van der Waals surface area contributed by atoms with Gasteiger partial charge in [0.05, 0.1) is 11.8 Å². The van der Waals surface area contributed by atoms with Gasteiger partial charge in [0.1, 0.15) is 0 Å². The number of carbonyl (C=O) groups is 2. The molecule has 1 amide bonds. The zero-order chi connectivity index (χ0) is 15.0. The highest BCUT2D eigenvalue weighted by atomic mass is 16.4. The summed E-state index contributed by atoms with van der Waals surface area (Å²) in [7, 11) is 0. The molecule has 0 aliphatic heterocycles. The molecule has 2 N–H and O–H groups in total. The van der Waals surface area contributed by atoms with E-state index in [9.17, 15) is 14.7 Å². The molecule has 2 saturated carbocycles. The molecule has 21 heavy (non-hydrogen) atoms. The van der Waals surface area contributed by atoms with Crippen molar-refractivity contribution in [1.29, 1.82) is 0 Å². The van der Waals surface area contributed by atoms with Gasteiger partial charge in [-0.25, -0.2) is 0 Å². The number of carboxylic acids is 1. The van der Waals surface area contributed by atoms with Gasteiger partial charge in [0.2, 0.25) is 5.91 Å². The van der Waals surface area contributed by atoms with Gasteiger partial charge in [-0.1, -0.05) is 18.6 Å². The lowest BCUT2D eigenvalue weighted by molar-refractivity contribution is -0.147. The monoisotopic (exact) mass is 291 g/mol. The predicted molar refractivity (Wildman–Crippen MR) is 79.5 cm³/mol. The van der Waals surface area contributed by atoms with E-state index in [0.717, 1.165) is 11.8 Å². The maximum atomic E-state index is 12.5. The molecule has 3 aliphatic carbocycles. The van der Waals surface area contributed by atoms with Crippen LogP contribution in [-0.4, -0.2) is 23.0 Å². The summed E-state index contributed by atoms with van der Waals surface area (Å²) in [5.74, 6) is 0.329. The van der Waals surface area contributed by atoms with Crippen LogP contribution in [0.3, 0.4) is 0 Å². The van der Waals surface area contributed by atoms with Gasteiger partial charge in [-0.2, -0.15) is 0 Å². The molecule has 0 unspecified atom stereocenters. The molecule has 2 bridgehead atoms. The Morgan fingerprint density at radius 3 is 2.43 bits per heavy atom. The van der Waals surface area contributed by atoms with E-state index < -0.39 is 17.8 Å². The third-order valence-electron chi connectivity index (χ3n) is 5.89. The van der Waals surface area contributed by atoms with Crippen molar-refractivity contribution in [3.05, 3.63) is 12.2 Å². The third-order valence-corrected chi connectivity index (χ3v) is 5.89. The first kappa shape index (κ1) is 14.6. The maximum Gasteiger partial charge on any atom is 0.307 e. The summed E-state index contributed by atoms with van der Waals surface area (Å²) in [6, 6.07) is 0.174. The lowest BCUT2D eigenvalue weighted by atomic mass is 9.81. The van der Waals surface area contributed by atoms with Gasteiger partial charge in [-0.05, 0) is 56.8 Å². The largest absolute Gasteiger partial charge is 0.481 e. The SMILES string of the molecule is C[C@H](NC(=O)[C@@H]1CC=CC[C@@H]1C(=O)O)[C@@H]1C[C@H]2CC[C@H]1C2. The highest BCUT2D eigenvalue weighted by molar-refractivity contribution is 5.85. The van der Waals surface area contributed by atoms with Gasteiger partial charge in [-0.3, -0.25) is 9.59 Å². The molecule has 116 valence electrons. The van der Waals surface area contributed by atoms with Crippen molar-refractivity contribution in [2.45, 2.75) is 51.5 Å². The van der Waals surface area contributed by atoms with Gasteiger partial charge < -0.3 is 10.4 Å². The molecule has 3 rings (SSSR count). The Kier molecular flexibility index (Phi) is 4.05. The van der Waals surface area contributed by atoms with E-state index in [-0.39, 0.29) is 11.9 Å². The van der Waals surface area contributed by atoms with Gasteiger partial charge in [0.25, 0.3) is 0 Å². The number of amides is 1. The Balaban J connectivity index is 1.60. The minimum Gasteiger partial charge on any atom is -0.481 e. The summed E-state index contributed by atoms with van der Waals surface area (Å²) in [4.78, 5) is 23.8. The fourth-order valence-corrected chi connectivity index (χ4v) is 4.72. The zero-order valence-corrected chi connectivity index (χ0v) is 12.6. The standard InChI is InChI=1S/C17H25NO3/c1-10(15-9-11-6-7-12(15)8-11)18-16(19)13-4-2-3-5-14(13)17(20)21/h2-3,10-15H,4-9H2,1H3,(H,18,19)(H,20,21)/t10-,11-,12-,13+,14-,15-/m0/s1. The second-order valence-corrected chi connectivity index (χ2v) is 7.13. The smallest absolute Gasteiger partial charge is 0.307 e. The van der Waals surface area contributed by atoms with Crippen LogP contribution in [0.4, 0.5) is 0 Å². The van der Waals surface area contributed by atoms with E-state index >= 15 is 0 Å². The first-order valence-corrected chi connectivity index (χ1v) is 8.24. The molecule has 4 nitrogen and oxygen atoms in total. The van der Waals surface area contributed by atoms with E-state index in [0.29, 0.717) is 18.8 Å². The summed E-state index contributed by atoms with van der Waals surface area (Å²) in [6.45, 7) is 2.09. The highest BCUT2D eigenvalue weighted by Gasteiger charge is 2.43. The van der Waals surface area contributed by atoms with E-state index in [1.165, 1.54) is 25.7 Å². The first-order valence-electron chi connectivity index (χ1n) is 8.24. The minimum absolute atomic E-state index is 0.0676. The van der Waals surface area contributed by atoms with Crippen molar-refractivity contribution in [3.63, 3.8) is 0 Å². The van der Waals surface area contributed by atoms with Gasteiger partial charge in [0.15, 0.2) is 0 Å². The molecule has 0 aromatic rings. The van der Waals surface area contributed by atoms with Crippen molar-refractivity contribution in [2.24, 2.45) is 29.6 Å². The lowest BCUT2D eigenvalue weighted by Gasteiger charge is -2.31. The number of carboxylic acid groups (broad SMARTS) is 1. The molecular weight excluding hydrogens is 266 g/mol. The minimum atomic E-state index is -0.855. The molecule has 0 saturated heterocycles. The number of hydrogen-bond acceptors (Lipinski definition) is 2. The molecular formula is C17H25NO3. The molecule has 0 heterocycles. The van der Waals surface area contributed by atoms with Crippen LogP contribution in [0.25, 0.3) is 0 Å². The molecule has 2 fully saturated rings. The van der Waals surface area contributed by atoms with E-state index in [2.05, 4.69) is 12.2 Å². The summed E-state index contributed by atoms with van der Waals surface area (Å²) in [5, 5.41) is 12.4. The van der Waals surface area contributed by atoms with Crippen LogP contribution in [0.2, 0.25) is 0 Å². The molecule has 0 aromatic heterocycles. The van der Waals surface area contributed by atoms with Crippen molar-refractivity contribution in [2.75, 3.05) is 0 Å². The number of allylic oxidation sites excluding steroid dienone is 2. The maximum absolute atomic E-state index is 12.5. The van der Waals surface area contributed by atoms with Crippen molar-refractivity contribution in [1.82, 2.24) is 5.32 Å². The predicted octanol–water partition coefficient (Wildman–Crippen LogP) is 2.59. The third kappa shape index (κ3) is 2.85. The number of aliphatic carboxylic acids is 1. The van der Waals surface area contributed by atoms with Crippen molar-refractivity contribution < 1.29 is 14.7 Å². The van der Waals surface area contributed by atoms with Crippen LogP contribution in [-0.2, 0) is 9.59 Å². The van der Waals surface area contributed by atoms with Crippen LogP contribution >= 0.6 is 0 Å². The molecule has 3 aliphatic rings. The lowest BCUT2D eigenvalue weighted by Crippen LogP contribution is -2.46. The zero-order valence-electron chi connectivity index (χ0n) is 12.6. The normalized spacial score (nSPS) is 39.2. The Hall–Kier alpha value is -1.32. The van der Waals surface area contributed by atoms with Crippen molar-refractivity contribution >= 4 is 11.9 Å². The average Bonchev–Trinajstić information content (AvgIpc) is 3.09. The fraction of sp³-hybridized carbons (Fsp3) is 0.765. The van der Waals surface area contributed by atoms with E-state index in [4.69, 9.17) is 0 Å². The van der Waals surface area contributed by atoms with Crippen molar-refractivity contribution in [3.8, 4) is 0 Å². The Bertz CT molecular complexity index is 459. The second-order valence-electron chi connectivity index (χ2n) is 7.13. The molecule has 0 aromatic carbocycles. The Morgan fingerprint density at radius 1 is 1.14 bits per heavy atom. The summed E-state index contributed by atoms with van der Waals surface area (Å²) >= 11 is 0. The number of carbonyl (C=O) groups excluding carboxylic acids is 1. The van der Waals surface area contributed by atoms with E-state index in [1.807, 2.05) is 12.2 Å². The fourth-order valence-electron chi connectivity index (χ4n) is 4.72. The molecule has 0 spiro atoms. The van der Waals surface area contributed by atoms with Crippen LogP contribution in [0, 0.1) is 29.6 Å². The van der Waals surface area contributed by atoms with Crippen LogP contribution in [0.5, 0.6) is 0 Å². The van der Waals surface area contributed by atoms with Gasteiger partial charge in [-0.15, -0.1) is 0 Å². The molecule has 6 atom stereocenters. The van der Waals surface area contributed by atoms with Gasteiger partial charge >= 0.3 is 5.97 Å². The number of fused-ring (bicyclic) bond motifs is 2. The van der Waals surface area contributed by atoms with E-state index in [1.54, 1.807) is 0 Å². The summed E-state index contributed by atoms with van der Waals surface area (Å²) in [6.07, 6.45) is 10.1. The molecule has 4 heteroatoms. The van der Waals surface area contributed by atoms with Crippen LogP contribution < -0.4 is 5.32 Å². The summed E-state index contributed by atoms with van der Waals surface area (Å²) in [5.41, 5.74) is 0. The van der Waals surface area contributed by atoms with Gasteiger partial charge in [0, 0.05) is 6.04 Å². The quantitative estimate of drug-likeness (QED) is 0.782. The summed E-state index contributed by atoms with van der Waals surface area (Å²) < 4.78 is 0. The van der Waals surface area contributed by atoms with Crippen LogP contribution in [0.1, 0.15) is 45.4 Å². The number of hydrogen-bond donors (Lipinski definition) is 2. The topological polar surface area (TPSA) is 66.4 Å². The number of rotatable bonds is 4. The Morgan fingerprint density at radius 2 is 1.86 bits per heavy atom.